The van der Waals surface area contributed by atoms with Crippen molar-refractivity contribution in [1.29, 1.82) is 5.26 Å². The van der Waals surface area contributed by atoms with Gasteiger partial charge in [-0.1, -0.05) is 25.7 Å². The largest absolute Gasteiger partial charge is 0.359 e. The average molecular weight is 493 g/mol. The van der Waals surface area contributed by atoms with Gasteiger partial charge < -0.3 is 4.74 Å². The van der Waals surface area contributed by atoms with Gasteiger partial charge in [0.25, 0.3) is 0 Å². The molecule has 0 bridgehead atoms. The molecule has 1 atom stereocenters. The fraction of sp³-hybridized carbons (Fsp3) is 0.400. The van der Waals surface area contributed by atoms with Crippen LogP contribution in [0.25, 0.3) is 11.4 Å². The van der Waals surface area contributed by atoms with Gasteiger partial charge in [0.15, 0.2) is 5.82 Å². The standard InChI is InChI=1S/C25H29FN6O2Si/c1-35(2,3)13-12-34-17-32-25(29-23(30-32)19-6-9-28-10-7-19)31-11-8-20(24(31)33)14-18-4-5-21(16-27)22(26)15-18/h4-7,9-10,15,20H,8,11-14,17H2,1-3H3. The van der Waals surface area contributed by atoms with Crippen LogP contribution in [0.2, 0.25) is 25.7 Å². The Morgan fingerprint density at radius 3 is 2.69 bits per heavy atom. The zero-order valence-electron chi connectivity index (χ0n) is 20.2. The van der Waals surface area contributed by atoms with Crippen molar-refractivity contribution in [2.24, 2.45) is 5.92 Å². The van der Waals surface area contributed by atoms with Gasteiger partial charge in [0.1, 0.15) is 18.6 Å². The minimum Gasteiger partial charge on any atom is -0.359 e. The molecule has 1 aromatic carbocycles. The van der Waals surface area contributed by atoms with Crippen molar-refractivity contribution >= 4 is 19.9 Å². The molecular weight excluding hydrogens is 463 g/mol. The van der Waals surface area contributed by atoms with E-state index in [0.29, 0.717) is 43.3 Å². The molecule has 1 aliphatic heterocycles. The molecule has 182 valence electrons. The fourth-order valence-electron chi connectivity index (χ4n) is 3.96. The molecule has 4 rings (SSSR count). The van der Waals surface area contributed by atoms with Gasteiger partial charge >= 0.3 is 0 Å². The van der Waals surface area contributed by atoms with Crippen LogP contribution in [0.15, 0.2) is 42.7 Å². The second-order valence-electron chi connectivity index (χ2n) is 9.92. The number of benzene rings is 1. The number of aromatic nitrogens is 4. The molecule has 0 saturated carbocycles. The highest BCUT2D eigenvalue weighted by Gasteiger charge is 2.35. The molecule has 8 nitrogen and oxygen atoms in total. The van der Waals surface area contributed by atoms with Crippen LogP contribution in [-0.4, -0.2) is 46.9 Å². The van der Waals surface area contributed by atoms with E-state index in [0.717, 1.165) is 11.6 Å². The third-order valence-electron chi connectivity index (χ3n) is 5.99. The molecule has 3 aromatic rings. The first-order chi connectivity index (χ1) is 16.7. The Hall–Kier alpha value is -3.42. The van der Waals surface area contributed by atoms with Crippen molar-refractivity contribution in [3.8, 4) is 17.5 Å². The predicted molar refractivity (Wildman–Crippen MR) is 133 cm³/mol. The maximum atomic E-state index is 14.0. The molecule has 0 N–H and O–H groups in total. The number of amides is 1. The summed E-state index contributed by atoms with van der Waals surface area (Å²) in [5.74, 6) is 0.00547. The van der Waals surface area contributed by atoms with E-state index in [9.17, 15) is 9.18 Å². The van der Waals surface area contributed by atoms with Crippen LogP contribution in [0.3, 0.4) is 0 Å². The molecule has 35 heavy (non-hydrogen) atoms. The number of hydrogen-bond donors (Lipinski definition) is 0. The van der Waals surface area contributed by atoms with E-state index in [2.05, 4.69) is 34.7 Å². The predicted octanol–water partition coefficient (Wildman–Crippen LogP) is 4.26. The molecule has 1 saturated heterocycles. The van der Waals surface area contributed by atoms with Crippen molar-refractivity contribution in [3.63, 3.8) is 0 Å². The maximum absolute atomic E-state index is 14.0. The van der Waals surface area contributed by atoms with Gasteiger partial charge in [-0.15, -0.1) is 5.10 Å². The molecule has 1 fully saturated rings. The van der Waals surface area contributed by atoms with Gasteiger partial charge in [0.2, 0.25) is 11.9 Å². The average Bonchev–Trinajstić information content (AvgIpc) is 3.40. The lowest BCUT2D eigenvalue weighted by molar-refractivity contribution is -0.120. The fourth-order valence-corrected chi connectivity index (χ4v) is 4.72. The summed E-state index contributed by atoms with van der Waals surface area (Å²) in [7, 11) is -1.24. The Morgan fingerprint density at radius 1 is 1.23 bits per heavy atom. The SMILES string of the molecule is C[Si](C)(C)CCOCn1nc(-c2ccncc2)nc1N1CCC(Cc2ccc(C#N)c(F)c2)C1=O. The van der Waals surface area contributed by atoms with E-state index >= 15 is 0 Å². The van der Waals surface area contributed by atoms with Crippen molar-refractivity contribution in [2.45, 2.75) is 45.3 Å². The van der Waals surface area contributed by atoms with E-state index in [-0.39, 0.29) is 24.1 Å². The lowest BCUT2D eigenvalue weighted by atomic mass is 9.97. The van der Waals surface area contributed by atoms with Gasteiger partial charge in [-0.05, 0) is 48.7 Å². The number of nitriles is 1. The number of halogens is 1. The third-order valence-corrected chi connectivity index (χ3v) is 7.70. The van der Waals surface area contributed by atoms with Gasteiger partial charge in [-0.25, -0.2) is 9.07 Å². The van der Waals surface area contributed by atoms with Crippen LogP contribution < -0.4 is 4.90 Å². The van der Waals surface area contributed by atoms with E-state index in [4.69, 9.17) is 10.00 Å². The van der Waals surface area contributed by atoms with E-state index < -0.39 is 13.9 Å². The number of hydrogen-bond acceptors (Lipinski definition) is 6. The van der Waals surface area contributed by atoms with Crippen molar-refractivity contribution in [2.75, 3.05) is 18.1 Å². The monoisotopic (exact) mass is 492 g/mol. The lowest BCUT2D eigenvalue weighted by Gasteiger charge is -2.18. The topological polar surface area (TPSA) is 96.9 Å². The Bertz CT molecular complexity index is 1230. The number of pyridine rings is 1. The third kappa shape index (κ3) is 5.99. The second kappa shape index (κ2) is 10.5. The highest BCUT2D eigenvalue weighted by atomic mass is 28.3. The molecule has 3 heterocycles. The number of ether oxygens (including phenoxy) is 1. The molecule has 1 amide bonds. The molecule has 1 unspecified atom stereocenters. The summed E-state index contributed by atoms with van der Waals surface area (Å²) in [6.45, 7) is 8.20. The first-order valence-corrected chi connectivity index (χ1v) is 15.4. The molecule has 1 aliphatic rings. The zero-order valence-corrected chi connectivity index (χ0v) is 21.2. The Morgan fingerprint density at radius 2 is 2.00 bits per heavy atom. The van der Waals surface area contributed by atoms with Crippen molar-refractivity contribution in [1.82, 2.24) is 19.7 Å². The molecule has 0 spiro atoms. The summed E-state index contributed by atoms with van der Waals surface area (Å²) in [5.41, 5.74) is 1.49. The summed E-state index contributed by atoms with van der Waals surface area (Å²) in [5, 5.41) is 13.6. The van der Waals surface area contributed by atoms with Gasteiger partial charge in [-0.2, -0.15) is 10.2 Å². The molecule has 0 aliphatic carbocycles. The van der Waals surface area contributed by atoms with Crippen molar-refractivity contribution in [3.05, 3.63) is 59.7 Å². The number of anilines is 1. The van der Waals surface area contributed by atoms with Crippen LogP contribution in [0.4, 0.5) is 10.3 Å². The summed E-state index contributed by atoms with van der Waals surface area (Å²) >= 11 is 0. The minimum absolute atomic E-state index is 0.000930. The number of nitrogens with zero attached hydrogens (tertiary/aromatic N) is 6. The van der Waals surface area contributed by atoms with Gasteiger partial charge in [-0.3, -0.25) is 14.7 Å². The van der Waals surface area contributed by atoms with Crippen LogP contribution >= 0.6 is 0 Å². The van der Waals surface area contributed by atoms with E-state index in [1.807, 2.05) is 18.2 Å². The lowest BCUT2D eigenvalue weighted by Crippen LogP contribution is -2.31. The molecular formula is C25H29FN6O2Si. The van der Waals surface area contributed by atoms with Crippen molar-refractivity contribution < 1.29 is 13.9 Å². The number of carbonyl (C=O) groups is 1. The quantitative estimate of drug-likeness (QED) is 0.327. The zero-order chi connectivity index (χ0) is 25.0. The number of carbonyl (C=O) groups excluding carboxylic acids is 1. The maximum Gasteiger partial charge on any atom is 0.233 e. The Labute approximate surface area is 205 Å². The van der Waals surface area contributed by atoms with Gasteiger partial charge in [0.05, 0.1) is 5.56 Å². The van der Waals surface area contributed by atoms with Crippen LogP contribution in [-0.2, 0) is 22.7 Å². The van der Waals surface area contributed by atoms with Crippen LogP contribution in [0.1, 0.15) is 17.5 Å². The van der Waals surface area contributed by atoms with Crippen LogP contribution in [0, 0.1) is 23.1 Å². The second-order valence-corrected chi connectivity index (χ2v) is 15.5. The molecule has 2 aromatic heterocycles. The summed E-state index contributed by atoms with van der Waals surface area (Å²) in [4.78, 5) is 23.7. The normalized spacial score (nSPS) is 16.0. The summed E-state index contributed by atoms with van der Waals surface area (Å²) < 4.78 is 21.6. The highest BCUT2D eigenvalue weighted by molar-refractivity contribution is 6.76. The highest BCUT2D eigenvalue weighted by Crippen LogP contribution is 2.29. The minimum atomic E-state index is -1.24. The Balaban J connectivity index is 1.53. The Kier molecular flexibility index (Phi) is 7.38. The first kappa shape index (κ1) is 24.7. The summed E-state index contributed by atoms with van der Waals surface area (Å²) in [6.07, 6.45) is 4.37. The molecule has 0 radical (unpaired) electrons. The smallest absolute Gasteiger partial charge is 0.233 e. The molecule has 10 heteroatoms. The number of rotatable bonds is 9. The van der Waals surface area contributed by atoms with Crippen LogP contribution in [0.5, 0.6) is 0 Å². The summed E-state index contributed by atoms with van der Waals surface area (Å²) in [6, 6.07) is 11.0. The van der Waals surface area contributed by atoms with Gasteiger partial charge in [0, 0.05) is 45.1 Å². The first-order valence-electron chi connectivity index (χ1n) is 11.7. The van der Waals surface area contributed by atoms with E-state index in [1.165, 1.54) is 12.1 Å². The van der Waals surface area contributed by atoms with E-state index in [1.54, 1.807) is 28.0 Å².